The maximum absolute atomic E-state index is 11.2. The molecule has 0 radical (unpaired) electrons. The van der Waals surface area contributed by atoms with Gasteiger partial charge in [0, 0.05) is 30.0 Å². The van der Waals surface area contributed by atoms with Crippen molar-refractivity contribution in [2.75, 3.05) is 5.32 Å². The van der Waals surface area contributed by atoms with Crippen LogP contribution in [0.4, 0.5) is 5.69 Å². The minimum Gasteiger partial charge on any atom is -0.408 e. The van der Waals surface area contributed by atoms with Crippen molar-refractivity contribution < 1.29 is 4.42 Å². The number of aromatic amines is 1. The number of nitrogens with zero attached hydrogens (tertiary/aromatic N) is 2. The van der Waals surface area contributed by atoms with Crippen LogP contribution < -0.4 is 11.1 Å². The molecule has 2 aromatic heterocycles. The third-order valence-corrected chi connectivity index (χ3v) is 3.86. The van der Waals surface area contributed by atoms with E-state index >= 15 is 0 Å². The van der Waals surface area contributed by atoms with Gasteiger partial charge >= 0.3 is 5.76 Å². The molecular formula is C16H20N4O2. The molecule has 0 atom stereocenters. The van der Waals surface area contributed by atoms with E-state index in [9.17, 15) is 4.79 Å². The van der Waals surface area contributed by atoms with Crippen molar-refractivity contribution in [2.24, 2.45) is 0 Å². The number of hydrogen-bond donors (Lipinski definition) is 2. The van der Waals surface area contributed by atoms with Crippen molar-refractivity contribution in [1.29, 1.82) is 0 Å². The van der Waals surface area contributed by atoms with Gasteiger partial charge in [-0.05, 0) is 38.5 Å². The number of oxazole rings is 1. The zero-order chi connectivity index (χ0) is 15.7. The minimum absolute atomic E-state index is 0.431. The van der Waals surface area contributed by atoms with Crippen LogP contribution in [0, 0.1) is 13.8 Å². The molecule has 3 rings (SSSR count). The molecule has 0 saturated carbocycles. The fourth-order valence-corrected chi connectivity index (χ4v) is 2.67. The van der Waals surface area contributed by atoms with Gasteiger partial charge in [-0.15, -0.1) is 0 Å². The van der Waals surface area contributed by atoms with Gasteiger partial charge in [0.1, 0.15) is 0 Å². The topological polar surface area (TPSA) is 75.8 Å². The summed E-state index contributed by atoms with van der Waals surface area (Å²) in [6.45, 7) is 7.93. The number of H-pyrrole nitrogens is 1. The second kappa shape index (κ2) is 5.71. The van der Waals surface area contributed by atoms with Crippen molar-refractivity contribution in [3.05, 3.63) is 45.7 Å². The Morgan fingerprint density at radius 3 is 2.95 bits per heavy atom. The number of aromatic nitrogens is 3. The normalized spacial score (nSPS) is 11.2. The Labute approximate surface area is 128 Å². The van der Waals surface area contributed by atoms with Crippen molar-refractivity contribution in [2.45, 2.75) is 40.3 Å². The molecule has 0 aliphatic heterocycles. The summed E-state index contributed by atoms with van der Waals surface area (Å²) in [6, 6.07) is 5.57. The third-order valence-electron chi connectivity index (χ3n) is 3.86. The van der Waals surface area contributed by atoms with Crippen LogP contribution in [-0.4, -0.2) is 14.8 Å². The van der Waals surface area contributed by atoms with Crippen LogP contribution in [0.25, 0.3) is 11.1 Å². The zero-order valence-electron chi connectivity index (χ0n) is 13.1. The number of nitrogens with one attached hydrogen (secondary N) is 2. The molecule has 6 nitrogen and oxygen atoms in total. The average molecular weight is 300 g/mol. The summed E-state index contributed by atoms with van der Waals surface area (Å²) in [5.74, 6) is -0.431. The van der Waals surface area contributed by atoms with E-state index in [1.807, 2.05) is 19.1 Å². The Kier molecular flexibility index (Phi) is 3.75. The van der Waals surface area contributed by atoms with Crippen LogP contribution in [0.5, 0.6) is 0 Å². The maximum Gasteiger partial charge on any atom is 0.417 e. The summed E-state index contributed by atoms with van der Waals surface area (Å²) in [5, 5.41) is 7.96. The van der Waals surface area contributed by atoms with E-state index in [4.69, 9.17) is 4.42 Å². The van der Waals surface area contributed by atoms with E-state index in [1.165, 1.54) is 11.3 Å². The van der Waals surface area contributed by atoms with Gasteiger partial charge in [-0.25, -0.2) is 4.79 Å². The molecule has 0 aliphatic carbocycles. The van der Waals surface area contributed by atoms with E-state index in [0.29, 0.717) is 17.6 Å². The van der Waals surface area contributed by atoms with Gasteiger partial charge in [0.2, 0.25) is 0 Å². The van der Waals surface area contributed by atoms with Crippen LogP contribution in [0.3, 0.4) is 0 Å². The smallest absolute Gasteiger partial charge is 0.408 e. The van der Waals surface area contributed by atoms with Gasteiger partial charge in [-0.2, -0.15) is 5.10 Å². The predicted octanol–water partition coefficient (Wildman–Crippen LogP) is 2.96. The van der Waals surface area contributed by atoms with Crippen LogP contribution in [0.2, 0.25) is 0 Å². The first kappa shape index (κ1) is 14.4. The molecule has 22 heavy (non-hydrogen) atoms. The highest BCUT2D eigenvalue weighted by Gasteiger charge is 2.11. The standard InChI is InChI=1S/C16H20N4O2/c1-4-7-20-11(3)13(10(2)19-20)9-17-12-5-6-15-14(8-12)18-16(21)22-15/h5-6,8,17H,4,7,9H2,1-3H3,(H,18,21). The lowest BCUT2D eigenvalue weighted by Crippen LogP contribution is -2.04. The molecule has 1 aromatic carbocycles. The predicted molar refractivity (Wildman–Crippen MR) is 86.2 cm³/mol. The van der Waals surface area contributed by atoms with E-state index in [1.54, 1.807) is 6.07 Å². The first-order valence-corrected chi connectivity index (χ1v) is 7.48. The van der Waals surface area contributed by atoms with Gasteiger partial charge in [0.25, 0.3) is 0 Å². The Hall–Kier alpha value is -2.50. The molecule has 0 saturated heterocycles. The van der Waals surface area contributed by atoms with Gasteiger partial charge < -0.3 is 9.73 Å². The van der Waals surface area contributed by atoms with Crippen molar-refractivity contribution in [1.82, 2.24) is 14.8 Å². The number of fused-ring (bicyclic) bond motifs is 1. The van der Waals surface area contributed by atoms with Crippen LogP contribution in [-0.2, 0) is 13.1 Å². The highest BCUT2D eigenvalue weighted by molar-refractivity contribution is 5.76. The Bertz CT molecular complexity index is 857. The minimum atomic E-state index is -0.431. The number of benzene rings is 1. The molecule has 0 amide bonds. The van der Waals surface area contributed by atoms with Gasteiger partial charge in [-0.1, -0.05) is 6.92 Å². The average Bonchev–Trinajstić information content (AvgIpc) is 2.97. The van der Waals surface area contributed by atoms with Crippen molar-refractivity contribution >= 4 is 16.8 Å². The van der Waals surface area contributed by atoms with E-state index in [-0.39, 0.29) is 0 Å². The fourth-order valence-electron chi connectivity index (χ4n) is 2.67. The van der Waals surface area contributed by atoms with Crippen LogP contribution in [0.1, 0.15) is 30.3 Å². The number of hydrogen-bond acceptors (Lipinski definition) is 4. The Balaban J connectivity index is 1.80. The summed E-state index contributed by atoms with van der Waals surface area (Å²) in [4.78, 5) is 13.8. The molecule has 116 valence electrons. The van der Waals surface area contributed by atoms with E-state index in [2.05, 4.69) is 33.9 Å². The first-order chi connectivity index (χ1) is 10.6. The lowest BCUT2D eigenvalue weighted by Gasteiger charge is -2.07. The second-order valence-corrected chi connectivity index (χ2v) is 5.45. The molecule has 0 bridgehead atoms. The highest BCUT2D eigenvalue weighted by atomic mass is 16.4. The van der Waals surface area contributed by atoms with Gasteiger partial charge in [0.05, 0.1) is 11.2 Å². The summed E-state index contributed by atoms with van der Waals surface area (Å²) in [7, 11) is 0. The van der Waals surface area contributed by atoms with Crippen molar-refractivity contribution in [3.63, 3.8) is 0 Å². The third kappa shape index (κ3) is 2.64. The molecule has 3 aromatic rings. The molecule has 0 aliphatic rings. The second-order valence-electron chi connectivity index (χ2n) is 5.45. The molecule has 0 fully saturated rings. The monoisotopic (exact) mass is 300 g/mol. The zero-order valence-corrected chi connectivity index (χ0v) is 13.1. The summed E-state index contributed by atoms with van der Waals surface area (Å²) in [6.07, 6.45) is 1.07. The van der Waals surface area contributed by atoms with Gasteiger partial charge in [-0.3, -0.25) is 9.67 Å². The Morgan fingerprint density at radius 2 is 2.18 bits per heavy atom. The van der Waals surface area contributed by atoms with Crippen molar-refractivity contribution in [3.8, 4) is 0 Å². The SMILES string of the molecule is CCCn1nc(C)c(CNc2ccc3oc(=O)[nH]c3c2)c1C. The summed E-state index contributed by atoms with van der Waals surface area (Å²) >= 11 is 0. The van der Waals surface area contributed by atoms with Crippen LogP contribution >= 0.6 is 0 Å². The van der Waals surface area contributed by atoms with E-state index < -0.39 is 5.76 Å². The summed E-state index contributed by atoms with van der Waals surface area (Å²) < 4.78 is 7.06. The fraction of sp³-hybridized carbons (Fsp3) is 0.375. The lowest BCUT2D eigenvalue weighted by molar-refractivity contribution is 0.555. The maximum atomic E-state index is 11.2. The lowest BCUT2D eigenvalue weighted by atomic mass is 10.2. The quantitative estimate of drug-likeness (QED) is 0.759. The molecule has 0 spiro atoms. The molecule has 6 heteroatoms. The van der Waals surface area contributed by atoms with Crippen LogP contribution in [0.15, 0.2) is 27.4 Å². The summed E-state index contributed by atoms with van der Waals surface area (Å²) in [5.41, 5.74) is 5.67. The number of anilines is 1. The Morgan fingerprint density at radius 1 is 1.36 bits per heavy atom. The number of aryl methyl sites for hydroxylation is 2. The largest absolute Gasteiger partial charge is 0.417 e. The molecule has 0 unspecified atom stereocenters. The number of rotatable bonds is 5. The van der Waals surface area contributed by atoms with Gasteiger partial charge in [0.15, 0.2) is 5.58 Å². The first-order valence-electron chi connectivity index (χ1n) is 7.48. The highest BCUT2D eigenvalue weighted by Crippen LogP contribution is 2.19. The molecular weight excluding hydrogens is 280 g/mol. The van der Waals surface area contributed by atoms with E-state index in [0.717, 1.165) is 24.3 Å². The molecule has 2 heterocycles. The molecule has 2 N–H and O–H groups in total.